The smallest absolute Gasteiger partial charge is 0.120 e. The molecule has 1 heterocycles. The Hall–Kier alpha value is -0.800. The van der Waals surface area contributed by atoms with Crippen LogP contribution in [0.15, 0.2) is 16.7 Å². The van der Waals surface area contributed by atoms with E-state index in [1.165, 1.54) is 5.56 Å². The van der Waals surface area contributed by atoms with Gasteiger partial charge in [0, 0.05) is 13.1 Å². The first-order valence-corrected chi connectivity index (χ1v) is 4.73. The number of hydrogen-bond acceptors (Lipinski definition) is 3. The van der Waals surface area contributed by atoms with Gasteiger partial charge in [0.15, 0.2) is 0 Å². The Bertz CT molecular complexity index is 245. The van der Waals surface area contributed by atoms with Crippen LogP contribution in [0.25, 0.3) is 0 Å². The molecule has 0 spiro atoms. The monoisotopic (exact) mass is 182 g/mol. The van der Waals surface area contributed by atoms with Gasteiger partial charge >= 0.3 is 0 Å². The highest BCUT2D eigenvalue weighted by Gasteiger charge is 2.06. The molecule has 1 rings (SSSR count). The number of aryl methyl sites for hydroxylation is 1. The minimum absolute atomic E-state index is 0.702. The molecule has 0 saturated heterocycles. The summed E-state index contributed by atoms with van der Waals surface area (Å²) in [4.78, 5) is 2.27. The third-order valence-corrected chi connectivity index (χ3v) is 2.23. The molecule has 0 unspecified atom stereocenters. The maximum absolute atomic E-state index is 5.50. The molecule has 3 heteroatoms. The molecule has 2 N–H and O–H groups in total. The van der Waals surface area contributed by atoms with Gasteiger partial charge in [0.2, 0.25) is 0 Å². The van der Waals surface area contributed by atoms with E-state index in [4.69, 9.17) is 10.2 Å². The number of furan rings is 1. The minimum atomic E-state index is 0.702. The van der Waals surface area contributed by atoms with E-state index in [1.54, 1.807) is 6.26 Å². The molecule has 1 aromatic rings. The van der Waals surface area contributed by atoms with Crippen LogP contribution >= 0.6 is 0 Å². The number of likely N-dealkylation sites (N-methyl/N-ethyl adjacent to an activating group) is 1. The molecule has 74 valence electrons. The highest BCUT2D eigenvalue weighted by Crippen LogP contribution is 2.11. The molecule has 0 aliphatic heterocycles. The number of rotatable bonds is 5. The number of nitrogens with zero attached hydrogens (tertiary/aromatic N) is 1. The van der Waals surface area contributed by atoms with Crippen LogP contribution in [-0.4, -0.2) is 24.5 Å². The Morgan fingerprint density at radius 2 is 2.31 bits per heavy atom. The summed E-state index contributed by atoms with van der Waals surface area (Å²) in [5, 5.41) is 0. The summed E-state index contributed by atoms with van der Waals surface area (Å²) >= 11 is 0. The van der Waals surface area contributed by atoms with Gasteiger partial charge in [-0.15, -0.1) is 0 Å². The Morgan fingerprint density at radius 3 is 2.77 bits per heavy atom. The predicted octanol–water partition coefficient (Wildman–Crippen LogP) is 1.37. The average Bonchev–Trinajstić information content (AvgIpc) is 2.51. The molecule has 0 radical (unpaired) electrons. The zero-order valence-corrected chi connectivity index (χ0v) is 8.42. The standard InChI is InChI=1S/C10H18N2O/c1-3-12(6-5-11)8-10-9(2)4-7-13-10/h4,7H,3,5-6,8,11H2,1-2H3. The zero-order chi connectivity index (χ0) is 9.68. The lowest BCUT2D eigenvalue weighted by Gasteiger charge is -2.17. The van der Waals surface area contributed by atoms with Crippen LogP contribution in [0.2, 0.25) is 0 Å². The molecule has 0 amide bonds. The molecule has 0 aliphatic rings. The van der Waals surface area contributed by atoms with E-state index in [0.29, 0.717) is 6.54 Å². The van der Waals surface area contributed by atoms with Crippen molar-refractivity contribution in [3.63, 3.8) is 0 Å². The van der Waals surface area contributed by atoms with Crippen molar-refractivity contribution in [3.8, 4) is 0 Å². The summed E-state index contributed by atoms with van der Waals surface area (Å²) in [7, 11) is 0. The summed E-state index contributed by atoms with van der Waals surface area (Å²) in [6, 6.07) is 1.99. The zero-order valence-electron chi connectivity index (χ0n) is 8.42. The second-order valence-electron chi connectivity index (χ2n) is 3.18. The van der Waals surface area contributed by atoms with Gasteiger partial charge in [-0.05, 0) is 25.1 Å². The van der Waals surface area contributed by atoms with Gasteiger partial charge in [-0.3, -0.25) is 4.90 Å². The van der Waals surface area contributed by atoms with Crippen LogP contribution in [0.4, 0.5) is 0 Å². The summed E-state index contributed by atoms with van der Waals surface area (Å²) in [6.45, 7) is 7.71. The molecule has 13 heavy (non-hydrogen) atoms. The molecule has 0 aliphatic carbocycles. The fourth-order valence-electron chi connectivity index (χ4n) is 1.30. The van der Waals surface area contributed by atoms with Crippen molar-refractivity contribution in [2.75, 3.05) is 19.6 Å². The van der Waals surface area contributed by atoms with Crippen molar-refractivity contribution in [3.05, 3.63) is 23.7 Å². The molecule has 0 bridgehead atoms. The Labute approximate surface area is 79.5 Å². The lowest BCUT2D eigenvalue weighted by Crippen LogP contribution is -2.28. The van der Waals surface area contributed by atoms with Gasteiger partial charge in [-0.2, -0.15) is 0 Å². The van der Waals surface area contributed by atoms with Crippen LogP contribution < -0.4 is 5.73 Å². The minimum Gasteiger partial charge on any atom is -0.468 e. The summed E-state index contributed by atoms with van der Waals surface area (Å²) in [5.74, 6) is 1.05. The fourth-order valence-corrected chi connectivity index (χ4v) is 1.30. The fraction of sp³-hybridized carbons (Fsp3) is 0.600. The lowest BCUT2D eigenvalue weighted by atomic mass is 10.2. The maximum Gasteiger partial charge on any atom is 0.120 e. The van der Waals surface area contributed by atoms with E-state index in [2.05, 4.69) is 18.7 Å². The van der Waals surface area contributed by atoms with E-state index >= 15 is 0 Å². The molecule has 0 fully saturated rings. The first-order chi connectivity index (χ1) is 6.27. The van der Waals surface area contributed by atoms with Gasteiger partial charge in [0.1, 0.15) is 5.76 Å². The SMILES string of the molecule is CCN(CCN)Cc1occc1C. The largest absolute Gasteiger partial charge is 0.468 e. The number of nitrogens with two attached hydrogens (primary N) is 1. The Morgan fingerprint density at radius 1 is 1.54 bits per heavy atom. The van der Waals surface area contributed by atoms with Crippen molar-refractivity contribution >= 4 is 0 Å². The molecule has 0 aromatic carbocycles. The van der Waals surface area contributed by atoms with E-state index in [9.17, 15) is 0 Å². The summed E-state index contributed by atoms with van der Waals surface area (Å²) in [5.41, 5.74) is 6.72. The van der Waals surface area contributed by atoms with Gasteiger partial charge < -0.3 is 10.2 Å². The van der Waals surface area contributed by atoms with Gasteiger partial charge in [0.25, 0.3) is 0 Å². The van der Waals surface area contributed by atoms with Crippen LogP contribution in [0.1, 0.15) is 18.2 Å². The quantitative estimate of drug-likeness (QED) is 0.747. The first-order valence-electron chi connectivity index (χ1n) is 4.73. The van der Waals surface area contributed by atoms with Crippen LogP contribution in [0.3, 0.4) is 0 Å². The molecule has 3 nitrogen and oxygen atoms in total. The highest BCUT2D eigenvalue weighted by molar-refractivity contribution is 5.14. The molecule has 0 atom stereocenters. The molecular formula is C10H18N2O. The normalized spacial score (nSPS) is 11.1. The lowest BCUT2D eigenvalue weighted by molar-refractivity contribution is 0.262. The summed E-state index contributed by atoms with van der Waals surface area (Å²) in [6.07, 6.45) is 1.74. The molecule has 1 aromatic heterocycles. The Kier molecular flexibility index (Phi) is 3.99. The van der Waals surface area contributed by atoms with Crippen molar-refractivity contribution in [2.24, 2.45) is 5.73 Å². The van der Waals surface area contributed by atoms with E-state index in [-0.39, 0.29) is 0 Å². The second-order valence-corrected chi connectivity index (χ2v) is 3.18. The van der Waals surface area contributed by atoms with Gasteiger partial charge in [-0.25, -0.2) is 0 Å². The van der Waals surface area contributed by atoms with Gasteiger partial charge in [-0.1, -0.05) is 6.92 Å². The first kappa shape index (κ1) is 10.3. The topological polar surface area (TPSA) is 42.4 Å². The van der Waals surface area contributed by atoms with Crippen LogP contribution in [0, 0.1) is 6.92 Å². The van der Waals surface area contributed by atoms with Crippen molar-refractivity contribution in [1.82, 2.24) is 4.90 Å². The Balaban J connectivity index is 2.51. The van der Waals surface area contributed by atoms with E-state index < -0.39 is 0 Å². The van der Waals surface area contributed by atoms with Crippen molar-refractivity contribution < 1.29 is 4.42 Å². The summed E-state index contributed by atoms with van der Waals surface area (Å²) < 4.78 is 5.36. The third-order valence-electron chi connectivity index (χ3n) is 2.23. The van der Waals surface area contributed by atoms with Gasteiger partial charge in [0.05, 0.1) is 12.8 Å². The molecule has 0 saturated carbocycles. The van der Waals surface area contributed by atoms with Crippen molar-refractivity contribution in [1.29, 1.82) is 0 Å². The van der Waals surface area contributed by atoms with Crippen LogP contribution in [0.5, 0.6) is 0 Å². The second kappa shape index (κ2) is 5.04. The average molecular weight is 182 g/mol. The highest BCUT2D eigenvalue weighted by atomic mass is 16.3. The predicted molar refractivity (Wildman–Crippen MR) is 53.5 cm³/mol. The van der Waals surface area contributed by atoms with E-state index in [0.717, 1.165) is 25.4 Å². The number of hydrogen-bond donors (Lipinski definition) is 1. The van der Waals surface area contributed by atoms with E-state index in [1.807, 2.05) is 6.07 Å². The third kappa shape index (κ3) is 2.86. The van der Waals surface area contributed by atoms with Crippen molar-refractivity contribution in [2.45, 2.75) is 20.4 Å². The van der Waals surface area contributed by atoms with Crippen LogP contribution in [-0.2, 0) is 6.54 Å². The maximum atomic E-state index is 5.50. The molecular weight excluding hydrogens is 164 g/mol.